The van der Waals surface area contributed by atoms with Gasteiger partial charge in [-0.1, -0.05) is 35.8 Å². The summed E-state index contributed by atoms with van der Waals surface area (Å²) >= 11 is 3.62. The van der Waals surface area contributed by atoms with Crippen molar-refractivity contribution in [2.75, 3.05) is 24.5 Å². The summed E-state index contributed by atoms with van der Waals surface area (Å²) in [6.45, 7) is 10.1. The Kier molecular flexibility index (Phi) is 4.68. The van der Waals surface area contributed by atoms with Gasteiger partial charge in [-0.3, -0.25) is 0 Å². The second-order valence-electron chi connectivity index (χ2n) is 5.55. The van der Waals surface area contributed by atoms with Crippen molar-refractivity contribution in [2.45, 2.75) is 33.2 Å². The highest BCUT2D eigenvalue weighted by Gasteiger charge is 2.23. The minimum atomic E-state index is 0.589. The zero-order chi connectivity index (χ0) is 13.1. The number of halogens is 1. The predicted octanol–water partition coefficient (Wildman–Crippen LogP) is 3.58. The van der Waals surface area contributed by atoms with Gasteiger partial charge in [-0.15, -0.1) is 0 Å². The molecule has 1 saturated heterocycles. The maximum absolute atomic E-state index is 3.62. The molecule has 3 heteroatoms. The molecule has 0 radical (unpaired) electrons. The number of anilines is 1. The van der Waals surface area contributed by atoms with Crippen molar-refractivity contribution >= 4 is 21.6 Å². The maximum atomic E-state index is 3.62. The smallest absolute Gasteiger partial charge is 0.0407 e. The molecule has 0 aromatic heterocycles. The van der Waals surface area contributed by atoms with Crippen molar-refractivity contribution in [2.24, 2.45) is 5.92 Å². The zero-order valence-electron chi connectivity index (χ0n) is 11.5. The fourth-order valence-corrected chi connectivity index (χ4v) is 2.91. The molecular weight excluding hydrogens is 288 g/mol. The van der Waals surface area contributed by atoms with Crippen LogP contribution in [0.5, 0.6) is 0 Å². The Labute approximate surface area is 119 Å². The van der Waals surface area contributed by atoms with E-state index in [1.807, 2.05) is 0 Å². The van der Waals surface area contributed by atoms with Crippen molar-refractivity contribution < 1.29 is 0 Å². The van der Waals surface area contributed by atoms with E-state index in [-0.39, 0.29) is 0 Å². The Morgan fingerprint density at radius 3 is 2.94 bits per heavy atom. The normalized spacial score (nSPS) is 19.8. The summed E-state index contributed by atoms with van der Waals surface area (Å²) in [6.07, 6.45) is 1.30. The SMILES string of the molecule is Cc1c(Br)cccc1N1CCC(CNC(C)C)C1. The summed E-state index contributed by atoms with van der Waals surface area (Å²) in [5.41, 5.74) is 2.74. The Morgan fingerprint density at radius 2 is 2.22 bits per heavy atom. The van der Waals surface area contributed by atoms with E-state index >= 15 is 0 Å². The second kappa shape index (κ2) is 6.07. The predicted molar refractivity (Wildman–Crippen MR) is 82.3 cm³/mol. The highest BCUT2D eigenvalue weighted by atomic mass is 79.9. The van der Waals surface area contributed by atoms with Crippen LogP contribution in [0.15, 0.2) is 22.7 Å². The first-order chi connectivity index (χ1) is 8.58. The molecule has 0 bridgehead atoms. The van der Waals surface area contributed by atoms with Gasteiger partial charge < -0.3 is 10.2 Å². The van der Waals surface area contributed by atoms with E-state index in [0.29, 0.717) is 6.04 Å². The molecule has 1 aromatic rings. The van der Waals surface area contributed by atoms with Crippen molar-refractivity contribution in [1.29, 1.82) is 0 Å². The molecule has 1 fully saturated rings. The van der Waals surface area contributed by atoms with Crippen LogP contribution in [0.25, 0.3) is 0 Å². The van der Waals surface area contributed by atoms with Crippen molar-refractivity contribution in [3.05, 3.63) is 28.2 Å². The molecule has 1 aromatic carbocycles. The Bertz CT molecular complexity index is 403. The van der Waals surface area contributed by atoms with Crippen molar-refractivity contribution in [3.8, 4) is 0 Å². The summed E-state index contributed by atoms with van der Waals surface area (Å²) in [5, 5.41) is 3.55. The standard InChI is InChI=1S/C15H23BrN2/c1-11(2)17-9-13-7-8-18(10-13)15-6-4-5-14(16)12(15)3/h4-6,11,13,17H,7-10H2,1-3H3. The first kappa shape index (κ1) is 13.9. The summed E-state index contributed by atoms with van der Waals surface area (Å²) < 4.78 is 1.21. The fraction of sp³-hybridized carbons (Fsp3) is 0.600. The number of benzene rings is 1. The van der Waals surface area contributed by atoms with Gasteiger partial charge in [-0.05, 0) is 43.5 Å². The third-order valence-corrected chi connectivity index (χ3v) is 4.54. The van der Waals surface area contributed by atoms with E-state index in [1.54, 1.807) is 0 Å². The average molecular weight is 311 g/mol. The van der Waals surface area contributed by atoms with Crippen molar-refractivity contribution in [1.82, 2.24) is 5.32 Å². The first-order valence-corrected chi connectivity index (χ1v) is 7.60. The summed E-state index contributed by atoms with van der Waals surface area (Å²) in [5.74, 6) is 0.783. The number of hydrogen-bond donors (Lipinski definition) is 1. The van der Waals surface area contributed by atoms with Crippen molar-refractivity contribution in [3.63, 3.8) is 0 Å². The fourth-order valence-electron chi connectivity index (χ4n) is 2.56. The van der Waals surface area contributed by atoms with Gasteiger partial charge in [0, 0.05) is 29.3 Å². The van der Waals surface area contributed by atoms with Crippen LogP contribution in [0.2, 0.25) is 0 Å². The average Bonchev–Trinajstić information content (AvgIpc) is 2.78. The first-order valence-electron chi connectivity index (χ1n) is 6.81. The lowest BCUT2D eigenvalue weighted by Crippen LogP contribution is -2.30. The van der Waals surface area contributed by atoms with Crippen LogP contribution in [0.4, 0.5) is 5.69 Å². The molecule has 0 saturated carbocycles. The molecule has 100 valence electrons. The molecule has 1 atom stereocenters. The molecule has 0 spiro atoms. The lowest BCUT2D eigenvalue weighted by molar-refractivity contribution is 0.480. The Morgan fingerprint density at radius 1 is 1.44 bits per heavy atom. The largest absolute Gasteiger partial charge is 0.371 e. The third-order valence-electron chi connectivity index (χ3n) is 3.68. The van der Waals surface area contributed by atoms with Gasteiger partial charge in [-0.2, -0.15) is 0 Å². The molecule has 2 nitrogen and oxygen atoms in total. The van der Waals surface area contributed by atoms with Gasteiger partial charge in [0.05, 0.1) is 0 Å². The summed E-state index contributed by atoms with van der Waals surface area (Å²) in [7, 11) is 0. The minimum Gasteiger partial charge on any atom is -0.371 e. The molecule has 1 unspecified atom stereocenters. The maximum Gasteiger partial charge on any atom is 0.0407 e. The van der Waals surface area contributed by atoms with Gasteiger partial charge in [0.1, 0.15) is 0 Å². The van der Waals surface area contributed by atoms with E-state index < -0.39 is 0 Å². The third kappa shape index (κ3) is 3.27. The lowest BCUT2D eigenvalue weighted by Gasteiger charge is -2.22. The molecule has 1 heterocycles. The van der Waals surface area contributed by atoms with Gasteiger partial charge in [0.15, 0.2) is 0 Å². The van der Waals surface area contributed by atoms with E-state index in [2.05, 4.69) is 65.1 Å². The lowest BCUT2D eigenvalue weighted by atomic mass is 10.1. The molecular formula is C15H23BrN2. The Balaban J connectivity index is 1.98. The van der Waals surface area contributed by atoms with Crippen LogP contribution in [0, 0.1) is 12.8 Å². The molecule has 1 aliphatic heterocycles. The number of nitrogens with zero attached hydrogens (tertiary/aromatic N) is 1. The van der Waals surface area contributed by atoms with Crippen LogP contribution < -0.4 is 10.2 Å². The highest BCUT2D eigenvalue weighted by Crippen LogP contribution is 2.30. The number of rotatable bonds is 4. The minimum absolute atomic E-state index is 0.589. The van der Waals surface area contributed by atoms with Crippen LogP contribution >= 0.6 is 15.9 Å². The number of hydrogen-bond acceptors (Lipinski definition) is 2. The molecule has 1 N–H and O–H groups in total. The van der Waals surface area contributed by atoms with Gasteiger partial charge in [0.25, 0.3) is 0 Å². The van der Waals surface area contributed by atoms with E-state index in [4.69, 9.17) is 0 Å². The van der Waals surface area contributed by atoms with Crippen LogP contribution in [0.3, 0.4) is 0 Å². The Hall–Kier alpha value is -0.540. The molecule has 18 heavy (non-hydrogen) atoms. The molecule has 0 aliphatic carbocycles. The topological polar surface area (TPSA) is 15.3 Å². The summed E-state index contributed by atoms with van der Waals surface area (Å²) in [6, 6.07) is 7.07. The molecule has 2 rings (SSSR count). The van der Waals surface area contributed by atoms with Gasteiger partial charge in [-0.25, -0.2) is 0 Å². The van der Waals surface area contributed by atoms with E-state index in [1.165, 1.54) is 35.2 Å². The van der Waals surface area contributed by atoms with Gasteiger partial charge in [0.2, 0.25) is 0 Å². The van der Waals surface area contributed by atoms with E-state index in [0.717, 1.165) is 12.5 Å². The zero-order valence-corrected chi connectivity index (χ0v) is 13.1. The van der Waals surface area contributed by atoms with Gasteiger partial charge >= 0.3 is 0 Å². The highest BCUT2D eigenvalue weighted by molar-refractivity contribution is 9.10. The second-order valence-corrected chi connectivity index (χ2v) is 6.40. The quantitative estimate of drug-likeness (QED) is 0.914. The monoisotopic (exact) mass is 310 g/mol. The van der Waals surface area contributed by atoms with Crippen LogP contribution in [0.1, 0.15) is 25.8 Å². The summed E-state index contributed by atoms with van der Waals surface area (Å²) in [4.78, 5) is 2.52. The number of nitrogens with one attached hydrogen (secondary N) is 1. The van der Waals surface area contributed by atoms with Crippen LogP contribution in [-0.4, -0.2) is 25.7 Å². The van der Waals surface area contributed by atoms with E-state index in [9.17, 15) is 0 Å². The van der Waals surface area contributed by atoms with Crippen LogP contribution in [-0.2, 0) is 0 Å². The molecule has 1 aliphatic rings. The molecule has 0 amide bonds.